The molecule has 1 heterocycles. The molecular weight excluding hydrogens is 221 g/mol. The summed E-state index contributed by atoms with van der Waals surface area (Å²) in [7, 11) is -3.19. The average molecular weight is 237 g/mol. The Kier molecular flexibility index (Phi) is 3.55. The van der Waals surface area contributed by atoms with E-state index >= 15 is 0 Å². The Hall–Kier alpha value is -0.420. The van der Waals surface area contributed by atoms with Gasteiger partial charge in [-0.15, -0.1) is 0 Å². The average Bonchev–Trinajstić information content (AvgIpc) is 2.29. The van der Waals surface area contributed by atoms with Crippen LogP contribution < -0.4 is 0 Å². The Morgan fingerprint density at radius 3 is 2.67 bits per heavy atom. The fourth-order valence-electron chi connectivity index (χ4n) is 1.09. The summed E-state index contributed by atoms with van der Waals surface area (Å²) < 4.78 is 15.8. The maximum absolute atomic E-state index is 11.6. The van der Waals surface area contributed by atoms with Crippen LogP contribution in [0.3, 0.4) is 0 Å². The Balaban J connectivity index is 2.36. The number of carbonyl (C=O) groups is 1. The summed E-state index contributed by atoms with van der Waals surface area (Å²) in [5, 5.41) is 1.08. The van der Waals surface area contributed by atoms with Gasteiger partial charge in [0.1, 0.15) is 13.1 Å². The van der Waals surface area contributed by atoms with Crippen molar-refractivity contribution in [3.63, 3.8) is 0 Å². The van der Waals surface area contributed by atoms with Gasteiger partial charge in [-0.25, -0.2) is 0 Å². The molecule has 88 valence electrons. The Labute approximate surface area is 88.6 Å². The molecule has 1 unspecified atom stereocenters. The van der Waals surface area contributed by atoms with E-state index in [1.807, 2.05) is 0 Å². The van der Waals surface area contributed by atoms with E-state index < -0.39 is 12.8 Å². The standard InChI is InChI=1S/C8H16NO5P/c1-8(2)4-14-9(7(8)10)5-13-6-15(3,11)12/h4-6H2,1-3H3,(H,11,12). The van der Waals surface area contributed by atoms with E-state index in [0.717, 1.165) is 5.06 Å². The molecule has 15 heavy (non-hydrogen) atoms. The van der Waals surface area contributed by atoms with Crippen LogP contribution in [0.5, 0.6) is 0 Å². The third-order valence-corrected chi connectivity index (χ3v) is 2.59. The summed E-state index contributed by atoms with van der Waals surface area (Å²) in [6.45, 7) is 4.93. The number of hydrogen-bond acceptors (Lipinski definition) is 4. The molecule has 0 saturated carbocycles. The Morgan fingerprint density at radius 2 is 2.27 bits per heavy atom. The van der Waals surface area contributed by atoms with Crippen LogP contribution in [0.1, 0.15) is 13.8 Å². The zero-order chi connectivity index (χ0) is 11.7. The number of amides is 1. The van der Waals surface area contributed by atoms with Gasteiger partial charge in [0.05, 0.1) is 12.0 Å². The van der Waals surface area contributed by atoms with Gasteiger partial charge >= 0.3 is 0 Å². The van der Waals surface area contributed by atoms with Gasteiger partial charge in [0, 0.05) is 6.66 Å². The van der Waals surface area contributed by atoms with Crippen molar-refractivity contribution in [2.24, 2.45) is 5.41 Å². The minimum Gasteiger partial charge on any atom is -0.349 e. The molecule has 0 aromatic heterocycles. The summed E-state index contributed by atoms with van der Waals surface area (Å²) >= 11 is 0. The van der Waals surface area contributed by atoms with Crippen molar-refractivity contribution < 1.29 is 23.8 Å². The molecule has 0 spiro atoms. The third kappa shape index (κ3) is 3.57. The molecule has 1 aliphatic rings. The molecule has 7 heteroatoms. The van der Waals surface area contributed by atoms with Crippen LogP contribution in [-0.2, 0) is 18.9 Å². The van der Waals surface area contributed by atoms with Crippen molar-refractivity contribution in [2.75, 3.05) is 26.4 Å². The van der Waals surface area contributed by atoms with Crippen LogP contribution in [0.25, 0.3) is 0 Å². The first-order chi connectivity index (χ1) is 6.72. The summed E-state index contributed by atoms with van der Waals surface area (Å²) in [5.41, 5.74) is -0.543. The lowest BCUT2D eigenvalue weighted by molar-refractivity contribution is -0.184. The van der Waals surface area contributed by atoms with Gasteiger partial charge in [-0.1, -0.05) is 0 Å². The number of carbonyl (C=O) groups excluding carboxylic acids is 1. The lowest BCUT2D eigenvalue weighted by Crippen LogP contribution is -2.32. The number of hydrogen-bond donors (Lipinski definition) is 1. The van der Waals surface area contributed by atoms with Crippen LogP contribution in [0.2, 0.25) is 0 Å². The highest BCUT2D eigenvalue weighted by atomic mass is 31.2. The minimum absolute atomic E-state index is 0.110. The van der Waals surface area contributed by atoms with Crippen molar-refractivity contribution >= 4 is 13.3 Å². The summed E-state index contributed by atoms with van der Waals surface area (Å²) in [4.78, 5) is 25.6. The van der Waals surface area contributed by atoms with Gasteiger partial charge in [-0.2, -0.15) is 5.06 Å². The quantitative estimate of drug-likeness (QED) is 0.725. The maximum Gasteiger partial charge on any atom is 0.256 e. The summed E-state index contributed by atoms with van der Waals surface area (Å²) in [5.74, 6) is -0.175. The molecule has 0 aromatic rings. The number of hydroxylamine groups is 2. The fraction of sp³-hybridized carbons (Fsp3) is 0.875. The predicted octanol–water partition coefficient (Wildman–Crippen LogP) is 0.618. The molecule has 1 atom stereocenters. The Bertz CT molecular complexity index is 297. The molecule has 1 rings (SSSR count). The molecule has 0 bridgehead atoms. The normalized spacial score (nSPS) is 24.3. The van der Waals surface area contributed by atoms with Crippen molar-refractivity contribution in [1.29, 1.82) is 0 Å². The van der Waals surface area contributed by atoms with Crippen LogP contribution in [0, 0.1) is 5.41 Å². The number of nitrogens with zero attached hydrogens (tertiary/aromatic N) is 1. The zero-order valence-corrected chi connectivity index (χ0v) is 9.99. The molecule has 1 aliphatic heterocycles. The van der Waals surface area contributed by atoms with Crippen LogP contribution >= 0.6 is 7.37 Å². The molecule has 1 amide bonds. The van der Waals surface area contributed by atoms with E-state index in [4.69, 9.17) is 14.5 Å². The zero-order valence-electron chi connectivity index (χ0n) is 9.10. The first-order valence-corrected chi connectivity index (χ1v) is 6.83. The van der Waals surface area contributed by atoms with Crippen LogP contribution in [-0.4, -0.2) is 42.2 Å². The van der Waals surface area contributed by atoms with E-state index in [0.29, 0.717) is 6.61 Å². The second kappa shape index (κ2) is 4.22. The predicted molar refractivity (Wildman–Crippen MR) is 53.1 cm³/mol. The molecule has 1 fully saturated rings. The van der Waals surface area contributed by atoms with Crippen LogP contribution in [0.15, 0.2) is 0 Å². The highest BCUT2D eigenvalue weighted by Crippen LogP contribution is 2.35. The van der Waals surface area contributed by atoms with E-state index in [1.165, 1.54) is 6.66 Å². The van der Waals surface area contributed by atoms with Gasteiger partial charge < -0.3 is 9.63 Å². The van der Waals surface area contributed by atoms with Gasteiger partial charge in [-0.05, 0) is 13.8 Å². The first-order valence-electron chi connectivity index (χ1n) is 4.54. The second-order valence-electron chi connectivity index (χ2n) is 4.35. The molecule has 0 aliphatic carbocycles. The highest BCUT2D eigenvalue weighted by Gasteiger charge is 2.40. The smallest absolute Gasteiger partial charge is 0.256 e. The van der Waals surface area contributed by atoms with Crippen molar-refractivity contribution in [3.05, 3.63) is 0 Å². The lowest BCUT2D eigenvalue weighted by atomic mass is 9.95. The molecule has 1 saturated heterocycles. The summed E-state index contributed by atoms with van der Waals surface area (Å²) in [6, 6.07) is 0. The minimum atomic E-state index is -3.19. The SMILES string of the molecule is CC1(C)CON(COCP(C)(=O)O)C1=O. The van der Waals surface area contributed by atoms with E-state index in [-0.39, 0.29) is 19.0 Å². The number of ether oxygens (including phenoxy) is 1. The van der Waals surface area contributed by atoms with Crippen molar-refractivity contribution in [2.45, 2.75) is 13.8 Å². The molecule has 0 radical (unpaired) electrons. The van der Waals surface area contributed by atoms with E-state index in [9.17, 15) is 9.36 Å². The first kappa shape index (κ1) is 12.6. The van der Waals surface area contributed by atoms with Gasteiger partial charge in [0.2, 0.25) is 7.37 Å². The van der Waals surface area contributed by atoms with Gasteiger partial charge in [-0.3, -0.25) is 14.2 Å². The Morgan fingerprint density at radius 1 is 1.67 bits per heavy atom. The van der Waals surface area contributed by atoms with Gasteiger partial charge in [0.25, 0.3) is 5.91 Å². The topological polar surface area (TPSA) is 76.1 Å². The van der Waals surface area contributed by atoms with Gasteiger partial charge in [0.15, 0.2) is 0 Å². The highest BCUT2D eigenvalue weighted by molar-refractivity contribution is 7.56. The third-order valence-electron chi connectivity index (χ3n) is 1.93. The molecule has 6 nitrogen and oxygen atoms in total. The van der Waals surface area contributed by atoms with E-state index in [1.54, 1.807) is 13.8 Å². The summed E-state index contributed by atoms with van der Waals surface area (Å²) in [6.07, 6.45) is -0.277. The van der Waals surface area contributed by atoms with Crippen molar-refractivity contribution in [3.8, 4) is 0 Å². The maximum atomic E-state index is 11.6. The lowest BCUT2D eigenvalue weighted by Gasteiger charge is -2.16. The van der Waals surface area contributed by atoms with Crippen LogP contribution in [0.4, 0.5) is 0 Å². The number of rotatable bonds is 4. The second-order valence-corrected chi connectivity index (χ2v) is 6.71. The van der Waals surface area contributed by atoms with E-state index in [2.05, 4.69) is 0 Å². The molecule has 0 aromatic carbocycles. The largest absolute Gasteiger partial charge is 0.349 e. The molecular formula is C8H16NO5P. The fourth-order valence-corrected chi connectivity index (χ4v) is 1.51. The molecule has 1 N–H and O–H groups in total. The monoisotopic (exact) mass is 237 g/mol. The van der Waals surface area contributed by atoms with Crippen molar-refractivity contribution in [1.82, 2.24) is 5.06 Å².